The van der Waals surface area contributed by atoms with E-state index in [-0.39, 0.29) is 0 Å². The molecule has 1 saturated heterocycles. The SMILES string of the molecule is Cc1[nH]ncc1CN1CCN([C@H](C)c2ccsc2)CC1. The van der Waals surface area contributed by atoms with Crippen molar-refractivity contribution in [3.63, 3.8) is 0 Å². The van der Waals surface area contributed by atoms with Gasteiger partial charge in [0.1, 0.15) is 0 Å². The fourth-order valence-electron chi connectivity index (χ4n) is 2.81. The highest BCUT2D eigenvalue weighted by atomic mass is 32.1. The average Bonchev–Trinajstić information content (AvgIpc) is 3.12. The number of aryl methyl sites for hydroxylation is 1. The molecule has 0 spiro atoms. The van der Waals surface area contributed by atoms with E-state index in [1.165, 1.54) is 16.8 Å². The zero-order valence-corrected chi connectivity index (χ0v) is 13.0. The highest BCUT2D eigenvalue weighted by Crippen LogP contribution is 2.23. The Labute approximate surface area is 124 Å². The van der Waals surface area contributed by atoms with Crippen LogP contribution in [0.1, 0.15) is 29.8 Å². The lowest BCUT2D eigenvalue weighted by atomic mass is 10.1. The number of nitrogens with zero attached hydrogens (tertiary/aromatic N) is 3. The smallest absolute Gasteiger partial charge is 0.0535 e. The molecule has 3 rings (SSSR count). The van der Waals surface area contributed by atoms with E-state index >= 15 is 0 Å². The molecule has 1 aliphatic rings. The van der Waals surface area contributed by atoms with Gasteiger partial charge in [-0.15, -0.1) is 0 Å². The Hall–Kier alpha value is -1.17. The van der Waals surface area contributed by atoms with E-state index in [1.807, 2.05) is 6.20 Å². The fourth-order valence-corrected chi connectivity index (χ4v) is 3.56. The molecule has 1 aliphatic heterocycles. The number of thiophene rings is 1. The van der Waals surface area contributed by atoms with Crippen LogP contribution in [0.3, 0.4) is 0 Å². The lowest BCUT2D eigenvalue weighted by molar-refractivity contribution is 0.0979. The molecule has 0 aliphatic carbocycles. The van der Waals surface area contributed by atoms with Crippen LogP contribution in [-0.4, -0.2) is 46.2 Å². The van der Waals surface area contributed by atoms with Gasteiger partial charge in [-0.25, -0.2) is 0 Å². The van der Waals surface area contributed by atoms with Gasteiger partial charge in [0, 0.05) is 50.0 Å². The third-order valence-electron chi connectivity index (χ3n) is 4.31. The minimum atomic E-state index is 0.541. The van der Waals surface area contributed by atoms with Crippen LogP contribution in [0.15, 0.2) is 23.0 Å². The van der Waals surface area contributed by atoms with Crippen molar-refractivity contribution in [3.8, 4) is 0 Å². The van der Waals surface area contributed by atoms with E-state index in [1.54, 1.807) is 11.3 Å². The molecule has 1 fully saturated rings. The van der Waals surface area contributed by atoms with E-state index in [2.05, 4.69) is 50.7 Å². The lowest BCUT2D eigenvalue weighted by Crippen LogP contribution is -2.46. The average molecular weight is 290 g/mol. The first-order valence-corrected chi connectivity index (χ1v) is 8.15. The molecule has 1 atom stereocenters. The van der Waals surface area contributed by atoms with E-state index < -0.39 is 0 Å². The highest BCUT2D eigenvalue weighted by Gasteiger charge is 2.22. The molecule has 0 saturated carbocycles. The standard InChI is InChI=1S/C15H22N4S/c1-12-15(9-16-17-12)10-18-4-6-19(7-5-18)13(2)14-3-8-20-11-14/h3,8-9,11,13H,4-7,10H2,1-2H3,(H,16,17)/t13-/m1/s1. The molecule has 4 nitrogen and oxygen atoms in total. The Morgan fingerprint density at radius 3 is 2.75 bits per heavy atom. The third kappa shape index (κ3) is 2.95. The van der Waals surface area contributed by atoms with Gasteiger partial charge in [-0.3, -0.25) is 14.9 Å². The molecule has 0 unspecified atom stereocenters. The van der Waals surface area contributed by atoms with Crippen molar-refractivity contribution in [3.05, 3.63) is 39.8 Å². The molecule has 0 aromatic carbocycles. The van der Waals surface area contributed by atoms with E-state index in [0.29, 0.717) is 6.04 Å². The molecule has 0 radical (unpaired) electrons. The predicted molar refractivity (Wildman–Crippen MR) is 82.9 cm³/mol. The summed E-state index contributed by atoms with van der Waals surface area (Å²) >= 11 is 1.79. The molecule has 2 aromatic rings. The molecule has 20 heavy (non-hydrogen) atoms. The van der Waals surface area contributed by atoms with E-state index in [4.69, 9.17) is 0 Å². The summed E-state index contributed by atoms with van der Waals surface area (Å²) in [6.45, 7) is 10.00. The summed E-state index contributed by atoms with van der Waals surface area (Å²) in [5.41, 5.74) is 3.97. The minimum Gasteiger partial charge on any atom is -0.296 e. The first-order chi connectivity index (χ1) is 9.74. The van der Waals surface area contributed by atoms with Gasteiger partial charge in [0.05, 0.1) is 6.20 Å². The summed E-state index contributed by atoms with van der Waals surface area (Å²) in [5.74, 6) is 0. The van der Waals surface area contributed by atoms with Crippen LogP contribution < -0.4 is 0 Å². The van der Waals surface area contributed by atoms with Crippen LogP contribution in [0.2, 0.25) is 0 Å². The van der Waals surface area contributed by atoms with Gasteiger partial charge in [0.15, 0.2) is 0 Å². The molecular formula is C15H22N4S. The van der Waals surface area contributed by atoms with Gasteiger partial charge >= 0.3 is 0 Å². The molecule has 2 aromatic heterocycles. The van der Waals surface area contributed by atoms with Crippen molar-refractivity contribution in [2.24, 2.45) is 0 Å². The molecule has 0 amide bonds. The van der Waals surface area contributed by atoms with Crippen molar-refractivity contribution in [2.45, 2.75) is 26.4 Å². The van der Waals surface area contributed by atoms with Crippen LogP contribution in [-0.2, 0) is 6.54 Å². The molecular weight excluding hydrogens is 268 g/mol. The summed E-state index contributed by atoms with van der Waals surface area (Å²) in [7, 11) is 0. The van der Waals surface area contributed by atoms with Crippen LogP contribution in [0.25, 0.3) is 0 Å². The number of hydrogen-bond acceptors (Lipinski definition) is 4. The molecule has 0 bridgehead atoms. The Morgan fingerprint density at radius 2 is 2.15 bits per heavy atom. The zero-order chi connectivity index (χ0) is 13.9. The van der Waals surface area contributed by atoms with Gasteiger partial charge in [-0.2, -0.15) is 16.4 Å². The first kappa shape index (κ1) is 13.8. The van der Waals surface area contributed by atoms with Crippen LogP contribution in [0.5, 0.6) is 0 Å². The number of piperazine rings is 1. The fraction of sp³-hybridized carbons (Fsp3) is 0.533. The van der Waals surface area contributed by atoms with Crippen LogP contribution >= 0.6 is 11.3 Å². The largest absolute Gasteiger partial charge is 0.296 e. The zero-order valence-electron chi connectivity index (χ0n) is 12.2. The number of nitrogens with one attached hydrogen (secondary N) is 1. The number of aromatic nitrogens is 2. The summed E-state index contributed by atoms with van der Waals surface area (Å²) in [6, 6.07) is 2.79. The summed E-state index contributed by atoms with van der Waals surface area (Å²) in [6.07, 6.45) is 1.95. The van der Waals surface area contributed by atoms with Crippen molar-refractivity contribution < 1.29 is 0 Å². The van der Waals surface area contributed by atoms with Crippen molar-refractivity contribution in [2.75, 3.05) is 26.2 Å². The van der Waals surface area contributed by atoms with Gasteiger partial charge in [0.25, 0.3) is 0 Å². The van der Waals surface area contributed by atoms with Crippen molar-refractivity contribution in [1.82, 2.24) is 20.0 Å². The summed E-state index contributed by atoms with van der Waals surface area (Å²) in [4.78, 5) is 5.11. The van der Waals surface area contributed by atoms with Crippen molar-refractivity contribution >= 4 is 11.3 Å². The van der Waals surface area contributed by atoms with Crippen molar-refractivity contribution in [1.29, 1.82) is 0 Å². The second kappa shape index (κ2) is 6.08. The maximum Gasteiger partial charge on any atom is 0.0535 e. The maximum atomic E-state index is 4.10. The number of aromatic amines is 1. The highest BCUT2D eigenvalue weighted by molar-refractivity contribution is 7.07. The normalized spacial score (nSPS) is 19.3. The summed E-state index contributed by atoms with van der Waals surface area (Å²) < 4.78 is 0. The molecule has 108 valence electrons. The third-order valence-corrected chi connectivity index (χ3v) is 5.01. The van der Waals surface area contributed by atoms with Crippen LogP contribution in [0, 0.1) is 6.92 Å². The Bertz CT molecular complexity index is 526. The Balaban J connectivity index is 1.53. The Morgan fingerprint density at radius 1 is 1.35 bits per heavy atom. The minimum absolute atomic E-state index is 0.541. The molecule has 3 heterocycles. The maximum absolute atomic E-state index is 4.10. The molecule has 1 N–H and O–H groups in total. The number of rotatable bonds is 4. The van der Waals surface area contributed by atoms with Gasteiger partial charge < -0.3 is 0 Å². The van der Waals surface area contributed by atoms with Gasteiger partial charge in [-0.1, -0.05) is 0 Å². The van der Waals surface area contributed by atoms with E-state index in [0.717, 1.165) is 32.7 Å². The summed E-state index contributed by atoms with van der Waals surface area (Å²) in [5, 5.41) is 11.6. The lowest BCUT2D eigenvalue weighted by Gasteiger charge is -2.37. The molecule has 5 heteroatoms. The number of hydrogen-bond donors (Lipinski definition) is 1. The second-order valence-electron chi connectivity index (χ2n) is 5.57. The topological polar surface area (TPSA) is 35.2 Å². The predicted octanol–water partition coefficient (Wildman–Crippen LogP) is 2.66. The quantitative estimate of drug-likeness (QED) is 0.940. The monoisotopic (exact) mass is 290 g/mol. The van der Waals surface area contributed by atoms with Crippen LogP contribution in [0.4, 0.5) is 0 Å². The van der Waals surface area contributed by atoms with Gasteiger partial charge in [-0.05, 0) is 36.2 Å². The number of H-pyrrole nitrogens is 1. The Kier molecular flexibility index (Phi) is 4.19. The van der Waals surface area contributed by atoms with Gasteiger partial charge in [0.2, 0.25) is 0 Å². The van der Waals surface area contributed by atoms with E-state index in [9.17, 15) is 0 Å². The first-order valence-electron chi connectivity index (χ1n) is 7.21. The second-order valence-corrected chi connectivity index (χ2v) is 6.35.